The second-order valence-electron chi connectivity index (χ2n) is 2.20. The van der Waals surface area contributed by atoms with Gasteiger partial charge in [-0.15, -0.1) is 11.6 Å². The predicted octanol–water partition coefficient (Wildman–Crippen LogP) is 1.61. The summed E-state index contributed by atoms with van der Waals surface area (Å²) in [6.45, 7) is 4.09. The van der Waals surface area contributed by atoms with Gasteiger partial charge in [0.05, 0.1) is 12.0 Å². The zero-order valence-electron chi connectivity index (χ0n) is 6.39. The highest BCUT2D eigenvalue weighted by atomic mass is 35.5. The van der Waals surface area contributed by atoms with Gasteiger partial charge in [-0.05, 0) is 13.3 Å². The zero-order chi connectivity index (χ0) is 7.98. The quantitative estimate of drug-likeness (QED) is 0.578. The standard InChI is InChI=1S/C7H13ClO2/c1-3-6(2)10-5-7(9)4-8/h6H,3-5H2,1-2H3/t6-/m0/s1. The maximum atomic E-state index is 10.6. The van der Waals surface area contributed by atoms with Gasteiger partial charge in [0.1, 0.15) is 6.61 Å². The van der Waals surface area contributed by atoms with Crippen molar-refractivity contribution < 1.29 is 9.53 Å². The van der Waals surface area contributed by atoms with Gasteiger partial charge in [0.2, 0.25) is 0 Å². The molecule has 0 spiro atoms. The third-order valence-corrected chi connectivity index (χ3v) is 1.55. The molecule has 0 bridgehead atoms. The molecule has 0 heterocycles. The van der Waals surface area contributed by atoms with Crippen LogP contribution in [0.3, 0.4) is 0 Å². The molecular formula is C7H13ClO2. The van der Waals surface area contributed by atoms with Crippen LogP contribution in [-0.4, -0.2) is 24.4 Å². The van der Waals surface area contributed by atoms with Gasteiger partial charge in [0, 0.05) is 0 Å². The summed E-state index contributed by atoms with van der Waals surface area (Å²) in [6.07, 6.45) is 1.09. The normalized spacial score (nSPS) is 13.1. The molecule has 3 heteroatoms. The first kappa shape index (κ1) is 9.92. The number of rotatable bonds is 5. The summed E-state index contributed by atoms with van der Waals surface area (Å²) >= 11 is 5.25. The molecule has 0 unspecified atom stereocenters. The molecule has 0 aromatic rings. The Labute approximate surface area is 66.5 Å². The first-order chi connectivity index (χ1) is 4.70. The Bertz CT molecular complexity index is 104. The lowest BCUT2D eigenvalue weighted by molar-refractivity contribution is -0.122. The van der Waals surface area contributed by atoms with Gasteiger partial charge in [-0.25, -0.2) is 0 Å². The number of Topliss-reactive ketones (excluding diaryl/α,β-unsaturated/α-hetero) is 1. The van der Waals surface area contributed by atoms with Gasteiger partial charge in [0.15, 0.2) is 5.78 Å². The first-order valence-electron chi connectivity index (χ1n) is 3.40. The van der Waals surface area contributed by atoms with Crippen molar-refractivity contribution in [1.82, 2.24) is 0 Å². The van der Waals surface area contributed by atoms with E-state index in [-0.39, 0.29) is 24.4 Å². The Morgan fingerprint density at radius 1 is 1.70 bits per heavy atom. The Hall–Kier alpha value is -0.0800. The monoisotopic (exact) mass is 164 g/mol. The smallest absolute Gasteiger partial charge is 0.173 e. The molecule has 0 saturated heterocycles. The molecule has 1 atom stereocenters. The molecule has 0 aromatic heterocycles. The third-order valence-electron chi connectivity index (χ3n) is 1.25. The number of alkyl halides is 1. The van der Waals surface area contributed by atoms with Gasteiger partial charge in [-0.3, -0.25) is 4.79 Å². The fourth-order valence-corrected chi connectivity index (χ4v) is 0.469. The Morgan fingerprint density at radius 3 is 2.70 bits per heavy atom. The number of hydrogen-bond donors (Lipinski definition) is 0. The van der Waals surface area contributed by atoms with Crippen LogP contribution in [0.15, 0.2) is 0 Å². The Kier molecular flexibility index (Phi) is 5.64. The molecule has 0 aliphatic heterocycles. The van der Waals surface area contributed by atoms with Gasteiger partial charge < -0.3 is 4.74 Å². The van der Waals surface area contributed by atoms with Gasteiger partial charge in [0.25, 0.3) is 0 Å². The molecule has 0 N–H and O–H groups in total. The second kappa shape index (κ2) is 5.69. The molecule has 0 rings (SSSR count). The van der Waals surface area contributed by atoms with Crippen LogP contribution in [0.4, 0.5) is 0 Å². The van der Waals surface area contributed by atoms with Crippen LogP contribution in [0.25, 0.3) is 0 Å². The Balaban J connectivity index is 3.26. The molecule has 0 aromatic carbocycles. The van der Waals surface area contributed by atoms with E-state index in [1.165, 1.54) is 0 Å². The summed E-state index contributed by atoms with van der Waals surface area (Å²) in [5.74, 6) is -0.00172. The highest BCUT2D eigenvalue weighted by Crippen LogP contribution is 1.95. The topological polar surface area (TPSA) is 26.3 Å². The van der Waals surface area contributed by atoms with Crippen LogP contribution in [-0.2, 0) is 9.53 Å². The molecule has 0 amide bonds. The van der Waals surface area contributed by atoms with E-state index in [4.69, 9.17) is 16.3 Å². The van der Waals surface area contributed by atoms with E-state index in [1.807, 2.05) is 13.8 Å². The summed E-state index contributed by atoms with van der Waals surface area (Å²) in [4.78, 5) is 10.6. The van der Waals surface area contributed by atoms with E-state index >= 15 is 0 Å². The SMILES string of the molecule is CC[C@H](C)OCC(=O)CCl. The van der Waals surface area contributed by atoms with Gasteiger partial charge in [-0.1, -0.05) is 6.92 Å². The summed E-state index contributed by atoms with van der Waals surface area (Å²) in [5, 5.41) is 0. The van der Waals surface area contributed by atoms with Crippen molar-refractivity contribution in [2.24, 2.45) is 0 Å². The molecular weight excluding hydrogens is 152 g/mol. The molecule has 60 valence electrons. The maximum absolute atomic E-state index is 10.6. The van der Waals surface area contributed by atoms with Crippen molar-refractivity contribution in [3.05, 3.63) is 0 Å². The summed E-state index contributed by atoms with van der Waals surface area (Å²) < 4.78 is 5.11. The highest BCUT2D eigenvalue weighted by Gasteiger charge is 2.02. The summed E-state index contributed by atoms with van der Waals surface area (Å²) in [6, 6.07) is 0. The molecule has 0 fully saturated rings. The minimum absolute atomic E-state index is 0.0520. The van der Waals surface area contributed by atoms with Crippen LogP contribution in [0.5, 0.6) is 0 Å². The van der Waals surface area contributed by atoms with Crippen molar-refractivity contribution >= 4 is 17.4 Å². The van der Waals surface area contributed by atoms with E-state index in [0.717, 1.165) is 6.42 Å². The Morgan fingerprint density at radius 2 is 2.30 bits per heavy atom. The molecule has 0 saturated carbocycles. The van der Waals surface area contributed by atoms with Crippen LogP contribution in [0.2, 0.25) is 0 Å². The largest absolute Gasteiger partial charge is 0.371 e. The van der Waals surface area contributed by atoms with Gasteiger partial charge >= 0.3 is 0 Å². The average Bonchev–Trinajstić information content (AvgIpc) is 1.99. The number of halogens is 1. The lowest BCUT2D eigenvalue weighted by Gasteiger charge is -2.07. The maximum Gasteiger partial charge on any atom is 0.173 e. The van der Waals surface area contributed by atoms with E-state index in [0.29, 0.717) is 0 Å². The third kappa shape index (κ3) is 4.77. The lowest BCUT2D eigenvalue weighted by atomic mass is 10.3. The summed E-state index contributed by atoms with van der Waals surface area (Å²) in [5.41, 5.74) is 0. The van der Waals surface area contributed by atoms with E-state index < -0.39 is 0 Å². The first-order valence-corrected chi connectivity index (χ1v) is 3.93. The fourth-order valence-electron chi connectivity index (χ4n) is 0.392. The zero-order valence-corrected chi connectivity index (χ0v) is 7.15. The van der Waals surface area contributed by atoms with Crippen LogP contribution in [0.1, 0.15) is 20.3 Å². The molecule has 2 nitrogen and oxygen atoms in total. The predicted molar refractivity (Wildman–Crippen MR) is 41.4 cm³/mol. The van der Waals surface area contributed by atoms with Crippen LogP contribution in [0, 0.1) is 0 Å². The fraction of sp³-hybridized carbons (Fsp3) is 0.857. The number of carbonyl (C=O) groups is 1. The lowest BCUT2D eigenvalue weighted by Crippen LogP contribution is -2.15. The minimum atomic E-state index is -0.0537. The van der Waals surface area contributed by atoms with Crippen molar-refractivity contribution in [2.75, 3.05) is 12.5 Å². The van der Waals surface area contributed by atoms with Crippen LogP contribution >= 0.6 is 11.6 Å². The molecule has 0 aliphatic rings. The molecule has 0 radical (unpaired) electrons. The molecule has 10 heavy (non-hydrogen) atoms. The summed E-state index contributed by atoms with van der Waals surface area (Å²) in [7, 11) is 0. The van der Waals surface area contributed by atoms with Crippen molar-refractivity contribution in [2.45, 2.75) is 26.4 Å². The number of hydrogen-bond acceptors (Lipinski definition) is 2. The van der Waals surface area contributed by atoms with Crippen molar-refractivity contribution in [1.29, 1.82) is 0 Å². The highest BCUT2D eigenvalue weighted by molar-refractivity contribution is 6.27. The van der Waals surface area contributed by atoms with Gasteiger partial charge in [-0.2, -0.15) is 0 Å². The van der Waals surface area contributed by atoms with E-state index in [1.54, 1.807) is 0 Å². The second-order valence-corrected chi connectivity index (χ2v) is 2.47. The van der Waals surface area contributed by atoms with Crippen molar-refractivity contribution in [3.8, 4) is 0 Å². The number of carbonyl (C=O) groups excluding carboxylic acids is 1. The average molecular weight is 165 g/mol. The van der Waals surface area contributed by atoms with E-state index in [2.05, 4.69) is 0 Å². The van der Waals surface area contributed by atoms with Crippen LogP contribution < -0.4 is 0 Å². The van der Waals surface area contributed by atoms with E-state index in [9.17, 15) is 4.79 Å². The number of ketones is 1. The molecule has 0 aliphatic carbocycles. The minimum Gasteiger partial charge on any atom is -0.371 e. The number of ether oxygens (including phenoxy) is 1. The van der Waals surface area contributed by atoms with Crippen molar-refractivity contribution in [3.63, 3.8) is 0 Å².